The number of benzene rings is 2. The molecule has 2 heterocycles. The number of aryl methyl sites for hydroxylation is 1. The first-order valence-electron chi connectivity index (χ1n) is 7.93. The Morgan fingerprint density at radius 3 is 2.55 bits per heavy atom. The van der Waals surface area contributed by atoms with Gasteiger partial charge >= 0.3 is 0 Å². The number of carbonyl (C=O) groups is 1. The molecule has 0 bridgehead atoms. The maximum atomic E-state index is 11.9. The standard InChI is InChI=1S/C20H19NO/c1-14-18-9-8-17-13-16(15-5-3-2-4-6-15)7-10-19(17)21(18)12-11-20(14)22/h2-7,10,13H,8-9,11-12H2,1H3. The van der Waals surface area contributed by atoms with Gasteiger partial charge in [-0.3, -0.25) is 4.79 Å². The van der Waals surface area contributed by atoms with E-state index in [0.717, 1.165) is 25.0 Å². The smallest absolute Gasteiger partial charge is 0.162 e. The van der Waals surface area contributed by atoms with Crippen LogP contribution in [0.15, 0.2) is 59.8 Å². The molecule has 0 unspecified atom stereocenters. The van der Waals surface area contributed by atoms with Crippen LogP contribution in [0.4, 0.5) is 5.69 Å². The molecule has 0 saturated carbocycles. The summed E-state index contributed by atoms with van der Waals surface area (Å²) < 4.78 is 0. The highest BCUT2D eigenvalue weighted by Gasteiger charge is 2.28. The van der Waals surface area contributed by atoms with Crippen molar-refractivity contribution in [3.8, 4) is 11.1 Å². The van der Waals surface area contributed by atoms with Crippen molar-refractivity contribution >= 4 is 11.5 Å². The number of hydrogen-bond acceptors (Lipinski definition) is 2. The molecule has 0 amide bonds. The van der Waals surface area contributed by atoms with Gasteiger partial charge in [0.15, 0.2) is 5.78 Å². The SMILES string of the molecule is CC1=C2CCc3cc(-c4ccccc4)ccc3N2CCC1=O. The predicted molar refractivity (Wildman–Crippen MR) is 89.9 cm³/mol. The molecule has 110 valence electrons. The summed E-state index contributed by atoms with van der Waals surface area (Å²) in [4.78, 5) is 14.3. The van der Waals surface area contributed by atoms with Crippen molar-refractivity contribution in [2.24, 2.45) is 0 Å². The Labute approximate surface area is 131 Å². The lowest BCUT2D eigenvalue weighted by molar-refractivity contribution is -0.115. The van der Waals surface area contributed by atoms with Crippen LogP contribution in [0, 0.1) is 0 Å². The molecule has 0 aromatic heterocycles. The van der Waals surface area contributed by atoms with E-state index in [1.807, 2.05) is 13.0 Å². The molecule has 0 spiro atoms. The first kappa shape index (κ1) is 13.3. The number of Topliss-reactive ketones (excluding diaryl/α,β-unsaturated/α-hetero) is 1. The summed E-state index contributed by atoms with van der Waals surface area (Å²) in [7, 11) is 0. The number of fused-ring (bicyclic) bond motifs is 3. The molecule has 0 N–H and O–H groups in total. The fourth-order valence-electron chi connectivity index (χ4n) is 3.60. The molecular formula is C20H19NO. The molecule has 2 heteroatoms. The third kappa shape index (κ3) is 2.07. The van der Waals surface area contributed by atoms with Crippen LogP contribution >= 0.6 is 0 Å². The highest BCUT2D eigenvalue weighted by molar-refractivity contribution is 5.98. The van der Waals surface area contributed by atoms with Crippen molar-refractivity contribution in [3.05, 3.63) is 65.4 Å². The number of carbonyl (C=O) groups excluding carboxylic acids is 1. The first-order chi connectivity index (χ1) is 10.7. The van der Waals surface area contributed by atoms with Crippen LogP contribution in [-0.4, -0.2) is 12.3 Å². The number of ketones is 1. The van der Waals surface area contributed by atoms with Gasteiger partial charge in [0.05, 0.1) is 0 Å². The fraction of sp³-hybridized carbons (Fsp3) is 0.250. The van der Waals surface area contributed by atoms with Crippen molar-refractivity contribution in [2.75, 3.05) is 11.4 Å². The zero-order valence-electron chi connectivity index (χ0n) is 12.8. The van der Waals surface area contributed by atoms with E-state index in [1.54, 1.807) is 0 Å². The summed E-state index contributed by atoms with van der Waals surface area (Å²) in [5.74, 6) is 0.315. The highest BCUT2D eigenvalue weighted by atomic mass is 16.1. The molecule has 2 nitrogen and oxygen atoms in total. The Balaban J connectivity index is 1.77. The van der Waals surface area contributed by atoms with Gasteiger partial charge in [0.1, 0.15) is 0 Å². The number of nitrogens with zero attached hydrogens (tertiary/aromatic N) is 1. The van der Waals surface area contributed by atoms with E-state index in [0.29, 0.717) is 12.2 Å². The summed E-state index contributed by atoms with van der Waals surface area (Å²) in [6, 6.07) is 17.2. The van der Waals surface area contributed by atoms with Crippen LogP contribution in [0.3, 0.4) is 0 Å². The number of allylic oxidation sites excluding steroid dienone is 2. The Hall–Kier alpha value is -2.35. The third-order valence-electron chi connectivity index (χ3n) is 4.85. The summed E-state index contributed by atoms with van der Waals surface area (Å²) in [6.45, 7) is 2.80. The van der Waals surface area contributed by atoms with Crippen LogP contribution in [0.5, 0.6) is 0 Å². The zero-order valence-corrected chi connectivity index (χ0v) is 12.8. The molecule has 4 rings (SSSR count). The molecule has 0 fully saturated rings. The summed E-state index contributed by atoms with van der Waals surface area (Å²) in [5.41, 5.74) is 7.41. The number of hydrogen-bond donors (Lipinski definition) is 0. The van der Waals surface area contributed by atoms with E-state index in [2.05, 4.69) is 47.4 Å². The van der Waals surface area contributed by atoms with Crippen LogP contribution < -0.4 is 4.90 Å². The lowest BCUT2D eigenvalue weighted by Gasteiger charge is -2.37. The summed E-state index contributed by atoms with van der Waals surface area (Å²) in [6.07, 6.45) is 2.63. The maximum absolute atomic E-state index is 11.9. The van der Waals surface area contributed by atoms with E-state index in [4.69, 9.17) is 0 Å². The third-order valence-corrected chi connectivity index (χ3v) is 4.85. The molecule has 0 saturated heterocycles. The van der Waals surface area contributed by atoms with Gasteiger partial charge in [0, 0.05) is 29.9 Å². The molecule has 2 aromatic rings. The topological polar surface area (TPSA) is 20.3 Å². The Morgan fingerprint density at radius 1 is 0.909 bits per heavy atom. The van der Waals surface area contributed by atoms with Gasteiger partial charge in [0.2, 0.25) is 0 Å². The molecule has 2 aliphatic heterocycles. The minimum atomic E-state index is 0.315. The minimum absolute atomic E-state index is 0.315. The van der Waals surface area contributed by atoms with E-state index >= 15 is 0 Å². The van der Waals surface area contributed by atoms with E-state index in [9.17, 15) is 4.79 Å². The van der Waals surface area contributed by atoms with Crippen molar-refractivity contribution in [2.45, 2.75) is 26.2 Å². The monoisotopic (exact) mass is 289 g/mol. The Morgan fingerprint density at radius 2 is 1.73 bits per heavy atom. The molecule has 0 atom stereocenters. The summed E-state index contributed by atoms with van der Waals surface area (Å²) >= 11 is 0. The molecule has 0 aliphatic carbocycles. The number of anilines is 1. The first-order valence-corrected chi connectivity index (χ1v) is 7.93. The van der Waals surface area contributed by atoms with Crippen LogP contribution in [-0.2, 0) is 11.2 Å². The van der Waals surface area contributed by atoms with Crippen molar-refractivity contribution in [1.29, 1.82) is 0 Å². The van der Waals surface area contributed by atoms with Crippen molar-refractivity contribution in [1.82, 2.24) is 0 Å². The second kappa shape index (κ2) is 5.13. The zero-order chi connectivity index (χ0) is 15.1. The molecule has 22 heavy (non-hydrogen) atoms. The molecular weight excluding hydrogens is 270 g/mol. The van der Waals surface area contributed by atoms with Gasteiger partial charge in [-0.05, 0) is 48.6 Å². The second-order valence-electron chi connectivity index (χ2n) is 6.11. The van der Waals surface area contributed by atoms with Crippen LogP contribution in [0.2, 0.25) is 0 Å². The average molecular weight is 289 g/mol. The molecule has 2 aromatic carbocycles. The average Bonchev–Trinajstić information content (AvgIpc) is 2.58. The van der Waals surface area contributed by atoms with Crippen LogP contribution in [0.1, 0.15) is 25.3 Å². The van der Waals surface area contributed by atoms with E-state index in [-0.39, 0.29) is 0 Å². The van der Waals surface area contributed by atoms with Gasteiger partial charge in [0.25, 0.3) is 0 Å². The lowest BCUT2D eigenvalue weighted by Crippen LogP contribution is -2.35. The Bertz CT molecular complexity index is 774. The van der Waals surface area contributed by atoms with Gasteiger partial charge in [-0.15, -0.1) is 0 Å². The van der Waals surface area contributed by atoms with Gasteiger partial charge in [-0.1, -0.05) is 36.4 Å². The van der Waals surface area contributed by atoms with E-state index in [1.165, 1.54) is 28.1 Å². The van der Waals surface area contributed by atoms with Gasteiger partial charge in [-0.25, -0.2) is 0 Å². The Kier molecular flexibility index (Phi) is 3.11. The predicted octanol–water partition coefficient (Wildman–Crippen LogP) is 4.35. The number of rotatable bonds is 1. The van der Waals surface area contributed by atoms with Crippen LogP contribution in [0.25, 0.3) is 11.1 Å². The quantitative estimate of drug-likeness (QED) is 0.777. The van der Waals surface area contributed by atoms with Crippen molar-refractivity contribution in [3.63, 3.8) is 0 Å². The minimum Gasteiger partial charge on any atom is -0.344 e. The molecule has 0 radical (unpaired) electrons. The highest BCUT2D eigenvalue weighted by Crippen LogP contribution is 2.38. The summed E-state index contributed by atoms with van der Waals surface area (Å²) in [5, 5.41) is 0. The maximum Gasteiger partial charge on any atom is 0.162 e. The molecule has 2 aliphatic rings. The van der Waals surface area contributed by atoms with E-state index < -0.39 is 0 Å². The van der Waals surface area contributed by atoms with Crippen molar-refractivity contribution < 1.29 is 4.79 Å². The lowest BCUT2D eigenvalue weighted by atomic mass is 9.90. The largest absolute Gasteiger partial charge is 0.344 e. The fourth-order valence-corrected chi connectivity index (χ4v) is 3.60. The normalized spacial score (nSPS) is 17.3. The van der Waals surface area contributed by atoms with Gasteiger partial charge in [-0.2, -0.15) is 0 Å². The van der Waals surface area contributed by atoms with Gasteiger partial charge < -0.3 is 4.90 Å². The second-order valence-corrected chi connectivity index (χ2v) is 6.11.